The molecule has 7 nitrogen and oxygen atoms in total. The van der Waals surface area contributed by atoms with Crippen LogP contribution in [0.4, 0.5) is 24.3 Å². The first-order chi connectivity index (χ1) is 16.9. The van der Waals surface area contributed by atoms with E-state index in [1.54, 1.807) is 23.7 Å². The average molecular weight is 505 g/mol. The fraction of sp³-hybridized carbons (Fsp3) is 0.458. The topological polar surface area (TPSA) is 80.4 Å². The van der Waals surface area contributed by atoms with Crippen LogP contribution in [0.3, 0.4) is 0 Å². The first kappa shape index (κ1) is 23.8. The van der Waals surface area contributed by atoms with Gasteiger partial charge in [-0.2, -0.15) is 0 Å². The number of anilines is 2. The fourth-order valence-electron chi connectivity index (χ4n) is 4.68. The molecule has 0 amide bonds. The van der Waals surface area contributed by atoms with Gasteiger partial charge in [0, 0.05) is 49.6 Å². The molecule has 4 heterocycles. The molecular formula is C24H27F3N6OS. The Morgan fingerprint density at radius 1 is 1.03 bits per heavy atom. The Morgan fingerprint density at radius 2 is 1.74 bits per heavy atom. The number of nitrogens with zero attached hydrogens (tertiary/aromatic N) is 5. The number of thiazole rings is 1. The van der Waals surface area contributed by atoms with Crippen LogP contribution in [0.1, 0.15) is 30.0 Å². The average Bonchev–Trinajstić information content (AvgIpc) is 3.46. The minimum Gasteiger partial charge on any atom is -0.490 e. The van der Waals surface area contributed by atoms with E-state index in [0.29, 0.717) is 43.4 Å². The molecule has 2 aliphatic heterocycles. The molecule has 2 saturated heterocycles. The molecule has 0 spiro atoms. The van der Waals surface area contributed by atoms with Gasteiger partial charge >= 0.3 is 0 Å². The molecule has 0 aliphatic carbocycles. The summed E-state index contributed by atoms with van der Waals surface area (Å²) in [5.41, 5.74) is 7.31. The monoisotopic (exact) mass is 504 g/mol. The van der Waals surface area contributed by atoms with Crippen LogP contribution in [0.5, 0.6) is 5.75 Å². The second-order valence-corrected chi connectivity index (χ2v) is 10.0. The Labute approximate surface area is 205 Å². The molecule has 0 bridgehead atoms. The van der Waals surface area contributed by atoms with Crippen LogP contribution in [0.25, 0.3) is 0 Å². The highest BCUT2D eigenvalue weighted by atomic mass is 32.1. The lowest BCUT2D eigenvalue weighted by Crippen LogP contribution is -2.35. The summed E-state index contributed by atoms with van der Waals surface area (Å²) in [6.45, 7) is 5.22. The molecule has 2 atom stereocenters. The van der Waals surface area contributed by atoms with Crippen molar-refractivity contribution in [1.82, 2.24) is 15.0 Å². The molecule has 2 fully saturated rings. The summed E-state index contributed by atoms with van der Waals surface area (Å²) in [5, 5.41) is 3.16. The summed E-state index contributed by atoms with van der Waals surface area (Å²) < 4.78 is 47.2. The summed E-state index contributed by atoms with van der Waals surface area (Å²) in [5.74, 6) is -2.13. The lowest BCUT2D eigenvalue weighted by atomic mass is 9.94. The van der Waals surface area contributed by atoms with Crippen LogP contribution in [0.2, 0.25) is 0 Å². The van der Waals surface area contributed by atoms with E-state index in [9.17, 15) is 13.2 Å². The highest BCUT2D eigenvalue weighted by Crippen LogP contribution is 2.32. The SMILES string of the molecule is Cc1csc(N2CCC(COc3cnc(N4C[C@H](c5cc(F)c(F)cc5F)[C@@H](N)C4)nc3)CC2)n1. The van der Waals surface area contributed by atoms with Crippen molar-refractivity contribution in [1.29, 1.82) is 0 Å². The van der Waals surface area contributed by atoms with E-state index >= 15 is 0 Å². The maximum Gasteiger partial charge on any atom is 0.225 e. The van der Waals surface area contributed by atoms with Gasteiger partial charge in [0.25, 0.3) is 0 Å². The third-order valence-electron chi connectivity index (χ3n) is 6.68. The molecule has 186 valence electrons. The number of aryl methyl sites for hydroxylation is 1. The van der Waals surface area contributed by atoms with E-state index in [0.717, 1.165) is 42.8 Å². The Kier molecular flexibility index (Phi) is 6.79. The van der Waals surface area contributed by atoms with Crippen molar-refractivity contribution in [3.63, 3.8) is 0 Å². The Balaban J connectivity index is 1.14. The molecule has 0 unspecified atom stereocenters. The van der Waals surface area contributed by atoms with Gasteiger partial charge in [-0.25, -0.2) is 28.1 Å². The minimum absolute atomic E-state index is 0.0647. The largest absolute Gasteiger partial charge is 0.490 e. The van der Waals surface area contributed by atoms with Crippen molar-refractivity contribution in [2.45, 2.75) is 31.7 Å². The minimum atomic E-state index is -1.21. The molecule has 1 aromatic carbocycles. The third kappa shape index (κ3) is 5.20. The first-order valence-electron chi connectivity index (χ1n) is 11.6. The van der Waals surface area contributed by atoms with Gasteiger partial charge in [0.15, 0.2) is 22.5 Å². The van der Waals surface area contributed by atoms with Crippen LogP contribution in [-0.2, 0) is 0 Å². The van der Waals surface area contributed by atoms with E-state index < -0.39 is 29.4 Å². The van der Waals surface area contributed by atoms with Crippen molar-refractivity contribution < 1.29 is 17.9 Å². The van der Waals surface area contributed by atoms with Crippen molar-refractivity contribution in [2.75, 3.05) is 42.6 Å². The molecule has 5 rings (SSSR count). The Hall–Kier alpha value is -2.92. The predicted molar refractivity (Wildman–Crippen MR) is 129 cm³/mol. The normalized spacial score (nSPS) is 21.1. The highest BCUT2D eigenvalue weighted by Gasteiger charge is 2.35. The highest BCUT2D eigenvalue weighted by molar-refractivity contribution is 7.13. The van der Waals surface area contributed by atoms with E-state index in [4.69, 9.17) is 10.5 Å². The lowest BCUT2D eigenvalue weighted by Gasteiger charge is -2.31. The molecule has 0 radical (unpaired) electrons. The first-order valence-corrected chi connectivity index (χ1v) is 12.5. The van der Waals surface area contributed by atoms with Crippen LogP contribution in [0.15, 0.2) is 29.9 Å². The van der Waals surface area contributed by atoms with E-state index in [2.05, 4.69) is 25.2 Å². The quantitative estimate of drug-likeness (QED) is 0.510. The molecule has 2 aromatic heterocycles. The zero-order valence-electron chi connectivity index (χ0n) is 19.3. The van der Waals surface area contributed by atoms with Gasteiger partial charge in [0.1, 0.15) is 5.82 Å². The van der Waals surface area contributed by atoms with Crippen LogP contribution in [0, 0.1) is 30.3 Å². The molecule has 0 saturated carbocycles. The summed E-state index contributed by atoms with van der Waals surface area (Å²) in [7, 11) is 0. The Bertz CT molecular complexity index is 1170. The number of nitrogens with two attached hydrogens (primary N) is 1. The number of piperidine rings is 1. The predicted octanol–water partition coefficient (Wildman–Crippen LogP) is 3.89. The van der Waals surface area contributed by atoms with Crippen molar-refractivity contribution in [3.8, 4) is 5.75 Å². The maximum atomic E-state index is 14.3. The van der Waals surface area contributed by atoms with Gasteiger partial charge in [-0.3, -0.25) is 0 Å². The third-order valence-corrected chi connectivity index (χ3v) is 7.70. The van der Waals surface area contributed by atoms with Crippen LogP contribution in [-0.4, -0.2) is 53.8 Å². The summed E-state index contributed by atoms with van der Waals surface area (Å²) >= 11 is 1.68. The number of benzene rings is 1. The van der Waals surface area contributed by atoms with Crippen LogP contribution >= 0.6 is 11.3 Å². The molecule has 35 heavy (non-hydrogen) atoms. The standard InChI is InChI=1S/C24H27F3N6OS/c1-14-13-35-24(31-14)32-4-2-15(3-5-32)12-34-16-8-29-23(30-9-16)33-10-18(22(28)11-33)17-6-20(26)21(27)7-19(17)25/h6-9,13,15,18,22H,2-5,10-12,28H2,1H3/t18-,22+/m1/s1. The molecule has 11 heteroatoms. The van der Waals surface area contributed by atoms with Crippen molar-refractivity contribution in [3.05, 3.63) is 58.6 Å². The summed E-state index contributed by atoms with van der Waals surface area (Å²) in [4.78, 5) is 17.5. The van der Waals surface area contributed by atoms with Crippen molar-refractivity contribution >= 4 is 22.4 Å². The van der Waals surface area contributed by atoms with E-state index in [-0.39, 0.29) is 5.56 Å². The second kappa shape index (κ2) is 9.98. The number of ether oxygens (including phenoxy) is 1. The van der Waals surface area contributed by atoms with Gasteiger partial charge in [-0.1, -0.05) is 0 Å². The second-order valence-electron chi connectivity index (χ2n) is 9.19. The number of hydrogen-bond donors (Lipinski definition) is 1. The Morgan fingerprint density at radius 3 is 2.43 bits per heavy atom. The van der Waals surface area contributed by atoms with Gasteiger partial charge in [0.2, 0.25) is 5.95 Å². The summed E-state index contributed by atoms with van der Waals surface area (Å²) in [6, 6.07) is 0.985. The molecular weight excluding hydrogens is 477 g/mol. The molecule has 2 N–H and O–H groups in total. The number of aromatic nitrogens is 3. The number of hydrogen-bond acceptors (Lipinski definition) is 8. The van der Waals surface area contributed by atoms with Gasteiger partial charge in [0.05, 0.1) is 24.7 Å². The van der Waals surface area contributed by atoms with E-state index in [1.165, 1.54) is 0 Å². The smallest absolute Gasteiger partial charge is 0.225 e. The maximum absolute atomic E-state index is 14.3. The van der Waals surface area contributed by atoms with Crippen molar-refractivity contribution in [2.24, 2.45) is 11.7 Å². The van der Waals surface area contributed by atoms with Gasteiger partial charge < -0.3 is 20.3 Å². The lowest BCUT2D eigenvalue weighted by molar-refractivity contribution is 0.221. The van der Waals surface area contributed by atoms with Crippen LogP contribution < -0.4 is 20.3 Å². The molecule has 3 aromatic rings. The number of halogens is 3. The van der Waals surface area contributed by atoms with Gasteiger partial charge in [-0.05, 0) is 37.3 Å². The fourth-order valence-corrected chi connectivity index (χ4v) is 5.54. The zero-order valence-corrected chi connectivity index (χ0v) is 20.1. The van der Waals surface area contributed by atoms with Gasteiger partial charge in [-0.15, -0.1) is 11.3 Å². The molecule has 2 aliphatic rings. The number of rotatable bonds is 6. The summed E-state index contributed by atoms with van der Waals surface area (Å²) in [6.07, 6.45) is 5.30. The zero-order chi connectivity index (χ0) is 24.5. The van der Waals surface area contributed by atoms with E-state index in [1.807, 2.05) is 11.8 Å².